The maximum absolute atomic E-state index is 12.5. The van der Waals surface area contributed by atoms with Crippen molar-refractivity contribution in [2.24, 2.45) is 0 Å². The van der Waals surface area contributed by atoms with Crippen LogP contribution in [0.4, 0.5) is 0 Å². The van der Waals surface area contributed by atoms with Crippen molar-refractivity contribution >= 4 is 16.9 Å². The highest BCUT2D eigenvalue weighted by molar-refractivity contribution is 5.94. The molecule has 1 amide bonds. The highest BCUT2D eigenvalue weighted by Gasteiger charge is 2.13. The van der Waals surface area contributed by atoms with E-state index < -0.39 is 0 Å². The molecule has 1 aromatic heterocycles. The lowest BCUT2D eigenvalue weighted by molar-refractivity contribution is 0.0772. The van der Waals surface area contributed by atoms with Gasteiger partial charge in [0, 0.05) is 24.2 Å². The highest BCUT2D eigenvalue weighted by atomic mass is 16.5. The zero-order chi connectivity index (χ0) is 20.2. The Morgan fingerprint density at radius 2 is 1.69 bits per heavy atom. The van der Waals surface area contributed by atoms with Crippen LogP contribution in [0.15, 0.2) is 72.8 Å². The summed E-state index contributed by atoms with van der Waals surface area (Å²) in [6, 6.07) is 23.0. The number of amides is 1. The maximum atomic E-state index is 12.5. The van der Waals surface area contributed by atoms with Crippen molar-refractivity contribution in [3.05, 3.63) is 78.4 Å². The van der Waals surface area contributed by atoms with Gasteiger partial charge >= 0.3 is 0 Å². The van der Waals surface area contributed by atoms with Gasteiger partial charge in [-0.2, -0.15) is 0 Å². The van der Waals surface area contributed by atoms with Crippen molar-refractivity contribution in [3.63, 3.8) is 0 Å². The number of nitrogens with one attached hydrogen (secondary N) is 1. The number of ether oxygens (including phenoxy) is 1. The van der Waals surface area contributed by atoms with E-state index >= 15 is 0 Å². The molecule has 0 spiro atoms. The zero-order valence-electron chi connectivity index (χ0n) is 16.6. The number of hydrogen-bond donors (Lipinski definition) is 1. The van der Waals surface area contributed by atoms with Crippen molar-refractivity contribution in [2.75, 3.05) is 13.1 Å². The van der Waals surface area contributed by atoms with E-state index in [4.69, 9.17) is 4.74 Å². The normalized spacial score (nSPS) is 10.8. The Kier molecular flexibility index (Phi) is 5.29. The molecule has 0 radical (unpaired) electrons. The third-order valence-electron chi connectivity index (χ3n) is 4.88. The van der Waals surface area contributed by atoms with Crippen LogP contribution < -0.4 is 4.74 Å². The van der Waals surface area contributed by atoms with E-state index in [1.165, 1.54) is 0 Å². The average molecular weight is 385 g/mol. The fourth-order valence-electron chi connectivity index (χ4n) is 3.29. The average Bonchev–Trinajstić information content (AvgIpc) is 3.19. The Morgan fingerprint density at radius 1 is 0.931 bits per heavy atom. The summed E-state index contributed by atoms with van der Waals surface area (Å²) in [5.74, 6) is 2.18. The first-order valence-electron chi connectivity index (χ1n) is 9.80. The second-order valence-electron chi connectivity index (χ2n) is 6.73. The largest absolute Gasteiger partial charge is 0.457 e. The molecule has 0 aliphatic heterocycles. The second-order valence-corrected chi connectivity index (χ2v) is 6.73. The van der Waals surface area contributed by atoms with Gasteiger partial charge in [-0.1, -0.05) is 18.2 Å². The lowest BCUT2D eigenvalue weighted by atomic mass is 10.2. The molecule has 0 saturated carbocycles. The monoisotopic (exact) mass is 385 g/mol. The minimum Gasteiger partial charge on any atom is -0.457 e. The molecule has 0 unspecified atom stereocenters. The van der Waals surface area contributed by atoms with Crippen molar-refractivity contribution < 1.29 is 9.53 Å². The lowest BCUT2D eigenvalue weighted by Gasteiger charge is -2.18. The Hall–Kier alpha value is -3.60. The van der Waals surface area contributed by atoms with E-state index in [0.717, 1.165) is 22.4 Å². The van der Waals surface area contributed by atoms with Crippen LogP contribution >= 0.6 is 0 Å². The van der Waals surface area contributed by atoms with Crippen molar-refractivity contribution in [1.82, 2.24) is 14.9 Å². The lowest BCUT2D eigenvalue weighted by Crippen LogP contribution is -2.30. The van der Waals surface area contributed by atoms with Gasteiger partial charge < -0.3 is 14.6 Å². The number of nitrogens with zero attached hydrogens (tertiary/aromatic N) is 2. The van der Waals surface area contributed by atoms with Crippen LogP contribution in [0.1, 0.15) is 24.2 Å². The number of carbonyl (C=O) groups is 1. The number of para-hydroxylation sites is 2. The maximum Gasteiger partial charge on any atom is 0.253 e. The van der Waals surface area contributed by atoms with Gasteiger partial charge in [0.1, 0.15) is 17.3 Å². The van der Waals surface area contributed by atoms with Gasteiger partial charge in [-0.3, -0.25) is 4.79 Å². The number of carbonyl (C=O) groups excluding carboxylic acids is 1. The summed E-state index contributed by atoms with van der Waals surface area (Å²) in [6.07, 6.45) is 0. The third kappa shape index (κ3) is 3.99. The van der Waals surface area contributed by atoms with Crippen LogP contribution in [0.5, 0.6) is 11.5 Å². The minimum atomic E-state index is 0.0145. The molecule has 0 aliphatic carbocycles. The quantitative estimate of drug-likeness (QED) is 0.476. The summed E-state index contributed by atoms with van der Waals surface area (Å²) < 4.78 is 5.96. The van der Waals surface area contributed by atoms with E-state index in [0.29, 0.717) is 30.2 Å². The standard InChI is InChI=1S/C24H23N3O2/c1-3-27(4-2)24(28)18-8-7-9-20(16-18)29-19-14-12-17(13-15-19)23-25-21-10-5-6-11-22(21)26-23/h5-16H,3-4H2,1-2H3,(H,25,26). The van der Waals surface area contributed by atoms with Crippen molar-refractivity contribution in [2.45, 2.75) is 13.8 Å². The molecule has 5 nitrogen and oxygen atoms in total. The second kappa shape index (κ2) is 8.19. The van der Waals surface area contributed by atoms with Gasteiger partial charge in [0.25, 0.3) is 5.91 Å². The van der Waals surface area contributed by atoms with E-state index in [-0.39, 0.29) is 5.91 Å². The summed E-state index contributed by atoms with van der Waals surface area (Å²) >= 11 is 0. The first kappa shape index (κ1) is 18.7. The molecule has 0 atom stereocenters. The van der Waals surface area contributed by atoms with Gasteiger partial charge in [0.15, 0.2) is 0 Å². The van der Waals surface area contributed by atoms with Crippen LogP contribution in [-0.4, -0.2) is 33.9 Å². The van der Waals surface area contributed by atoms with Crippen LogP contribution in [0.2, 0.25) is 0 Å². The fourth-order valence-corrected chi connectivity index (χ4v) is 3.29. The number of H-pyrrole nitrogens is 1. The minimum absolute atomic E-state index is 0.0145. The molecule has 5 heteroatoms. The predicted octanol–water partition coefficient (Wildman–Crippen LogP) is 5.50. The molecular weight excluding hydrogens is 362 g/mol. The van der Waals surface area contributed by atoms with Crippen molar-refractivity contribution in [3.8, 4) is 22.9 Å². The van der Waals surface area contributed by atoms with Gasteiger partial charge in [0.05, 0.1) is 11.0 Å². The molecule has 0 fully saturated rings. The molecule has 1 N–H and O–H groups in total. The van der Waals surface area contributed by atoms with Gasteiger partial charge in [-0.25, -0.2) is 4.98 Å². The van der Waals surface area contributed by atoms with Crippen LogP contribution in [0.3, 0.4) is 0 Å². The molecule has 0 bridgehead atoms. The van der Waals surface area contributed by atoms with E-state index in [2.05, 4.69) is 9.97 Å². The smallest absolute Gasteiger partial charge is 0.253 e. The summed E-state index contributed by atoms with van der Waals surface area (Å²) in [7, 11) is 0. The van der Waals surface area contributed by atoms with E-state index in [1.807, 2.05) is 80.6 Å². The van der Waals surface area contributed by atoms with Crippen LogP contribution in [0, 0.1) is 0 Å². The molecule has 1 heterocycles. The Morgan fingerprint density at radius 3 is 2.41 bits per heavy atom. The summed E-state index contributed by atoms with van der Waals surface area (Å²) in [5, 5.41) is 0. The predicted molar refractivity (Wildman–Crippen MR) is 115 cm³/mol. The first-order chi connectivity index (χ1) is 14.2. The fraction of sp³-hybridized carbons (Fsp3) is 0.167. The first-order valence-corrected chi connectivity index (χ1v) is 9.80. The number of imidazole rings is 1. The van der Waals surface area contributed by atoms with Crippen LogP contribution in [-0.2, 0) is 0 Å². The topological polar surface area (TPSA) is 58.2 Å². The molecule has 4 rings (SSSR count). The summed E-state index contributed by atoms with van der Waals surface area (Å²) in [5.41, 5.74) is 3.57. The third-order valence-corrected chi connectivity index (χ3v) is 4.88. The molecule has 29 heavy (non-hydrogen) atoms. The molecule has 0 aliphatic rings. The number of hydrogen-bond acceptors (Lipinski definition) is 3. The summed E-state index contributed by atoms with van der Waals surface area (Å²) in [6.45, 7) is 5.32. The Bertz CT molecular complexity index is 1100. The van der Waals surface area contributed by atoms with E-state index in [9.17, 15) is 4.79 Å². The SMILES string of the molecule is CCN(CC)C(=O)c1cccc(Oc2ccc(-c3nc4ccccc4[nH]3)cc2)c1. The zero-order valence-corrected chi connectivity index (χ0v) is 16.6. The summed E-state index contributed by atoms with van der Waals surface area (Å²) in [4.78, 5) is 22.3. The molecular formula is C24H23N3O2. The van der Waals surface area contributed by atoms with Crippen LogP contribution in [0.25, 0.3) is 22.4 Å². The molecule has 0 saturated heterocycles. The molecule has 4 aromatic rings. The number of aromatic amines is 1. The number of benzene rings is 3. The number of aromatic nitrogens is 2. The molecule has 3 aromatic carbocycles. The number of fused-ring (bicyclic) bond motifs is 1. The Balaban J connectivity index is 1.52. The van der Waals surface area contributed by atoms with Gasteiger partial charge in [0.2, 0.25) is 0 Å². The van der Waals surface area contributed by atoms with Crippen molar-refractivity contribution in [1.29, 1.82) is 0 Å². The van der Waals surface area contributed by atoms with E-state index in [1.54, 1.807) is 11.0 Å². The number of rotatable bonds is 6. The Labute approximate surface area is 170 Å². The highest BCUT2D eigenvalue weighted by Crippen LogP contribution is 2.26. The van der Waals surface area contributed by atoms with Gasteiger partial charge in [-0.05, 0) is 68.4 Å². The molecule has 146 valence electrons. The van der Waals surface area contributed by atoms with Gasteiger partial charge in [-0.15, -0.1) is 0 Å².